The molecule has 39 heavy (non-hydrogen) atoms. The van der Waals surface area contributed by atoms with Gasteiger partial charge in [0.1, 0.15) is 0 Å². The predicted molar refractivity (Wildman–Crippen MR) is 171 cm³/mol. The molecule has 0 bridgehead atoms. The molecule has 3 aromatic rings. The van der Waals surface area contributed by atoms with Crippen LogP contribution in [0.25, 0.3) is 28.3 Å². The van der Waals surface area contributed by atoms with E-state index in [9.17, 15) is 0 Å². The number of fused-ring (bicyclic) bond motifs is 1. The number of hydrogen-bond donors (Lipinski definition) is 0. The van der Waals surface area contributed by atoms with Crippen LogP contribution in [0.3, 0.4) is 0 Å². The molecule has 0 unspecified atom stereocenters. The van der Waals surface area contributed by atoms with Gasteiger partial charge in [0.15, 0.2) is 0 Å². The summed E-state index contributed by atoms with van der Waals surface area (Å²) < 4.78 is 0. The molecule has 0 amide bonds. The maximum atomic E-state index is 4.33. The first-order valence-electron chi connectivity index (χ1n) is 13.5. The Morgan fingerprint density at radius 2 is 1.59 bits per heavy atom. The van der Waals surface area contributed by atoms with Crippen molar-refractivity contribution < 1.29 is 0 Å². The maximum Gasteiger partial charge on any atom is -0.00547 e. The van der Waals surface area contributed by atoms with Gasteiger partial charge in [-0.1, -0.05) is 140 Å². The van der Waals surface area contributed by atoms with E-state index in [1.807, 2.05) is 12.2 Å². The monoisotopic (exact) mass is 502 g/mol. The summed E-state index contributed by atoms with van der Waals surface area (Å²) in [4.78, 5) is 0. The molecule has 2 aliphatic rings. The molecule has 0 radical (unpaired) electrons. The lowest BCUT2D eigenvalue weighted by Gasteiger charge is -2.15. The highest BCUT2D eigenvalue weighted by molar-refractivity contribution is 5.89. The van der Waals surface area contributed by atoms with Gasteiger partial charge in [0.25, 0.3) is 0 Å². The van der Waals surface area contributed by atoms with Gasteiger partial charge >= 0.3 is 0 Å². The van der Waals surface area contributed by atoms with Crippen LogP contribution >= 0.6 is 0 Å². The van der Waals surface area contributed by atoms with Crippen LogP contribution in [0, 0.1) is 0 Å². The van der Waals surface area contributed by atoms with Crippen molar-refractivity contribution in [1.29, 1.82) is 0 Å². The van der Waals surface area contributed by atoms with E-state index < -0.39 is 0 Å². The van der Waals surface area contributed by atoms with Gasteiger partial charge in [-0.25, -0.2) is 0 Å². The largest absolute Gasteiger partial charge is 0.103 e. The quantitative estimate of drug-likeness (QED) is 0.223. The van der Waals surface area contributed by atoms with Crippen molar-refractivity contribution in [2.75, 3.05) is 0 Å². The first-order chi connectivity index (χ1) is 19.1. The summed E-state index contributed by atoms with van der Waals surface area (Å²) in [5, 5.41) is 0. The second-order valence-corrected chi connectivity index (χ2v) is 10.0. The number of allylic oxidation sites excluding steroid dienone is 14. The molecule has 0 spiro atoms. The summed E-state index contributed by atoms with van der Waals surface area (Å²) in [5.74, 6) is 0. The first kappa shape index (κ1) is 25.9. The van der Waals surface area contributed by atoms with Crippen molar-refractivity contribution in [2.45, 2.75) is 19.8 Å². The van der Waals surface area contributed by atoms with Crippen LogP contribution in [-0.4, -0.2) is 0 Å². The molecular formula is C39H34. The maximum absolute atomic E-state index is 4.33. The molecule has 0 fully saturated rings. The average molecular weight is 503 g/mol. The topological polar surface area (TPSA) is 0 Å². The summed E-state index contributed by atoms with van der Waals surface area (Å²) in [7, 11) is 0. The second-order valence-electron chi connectivity index (χ2n) is 10.0. The van der Waals surface area contributed by atoms with Gasteiger partial charge in [-0.3, -0.25) is 0 Å². The van der Waals surface area contributed by atoms with Gasteiger partial charge in [0.2, 0.25) is 0 Å². The normalized spacial score (nSPS) is 17.9. The Bertz CT molecular complexity index is 1620. The second kappa shape index (κ2) is 11.8. The van der Waals surface area contributed by atoms with Gasteiger partial charge < -0.3 is 0 Å². The summed E-state index contributed by atoms with van der Waals surface area (Å²) in [6, 6.07) is 26.2. The van der Waals surface area contributed by atoms with Gasteiger partial charge in [-0.05, 0) is 87.1 Å². The van der Waals surface area contributed by atoms with Gasteiger partial charge in [0.05, 0.1) is 0 Å². The fourth-order valence-electron chi connectivity index (χ4n) is 5.35. The van der Waals surface area contributed by atoms with Gasteiger partial charge in [-0.2, -0.15) is 0 Å². The fraction of sp³-hybridized carbons (Fsp3) is 0.0769. The van der Waals surface area contributed by atoms with E-state index in [1.165, 1.54) is 61.2 Å². The summed E-state index contributed by atoms with van der Waals surface area (Å²) >= 11 is 0. The minimum Gasteiger partial charge on any atom is -0.103 e. The minimum atomic E-state index is 0.842. The molecule has 5 rings (SSSR count). The third-order valence-electron chi connectivity index (χ3n) is 7.43. The fourth-order valence-corrected chi connectivity index (χ4v) is 5.35. The highest BCUT2D eigenvalue weighted by Gasteiger charge is 2.15. The van der Waals surface area contributed by atoms with Crippen molar-refractivity contribution in [3.05, 3.63) is 186 Å². The molecule has 0 atom stereocenters. The van der Waals surface area contributed by atoms with Crippen molar-refractivity contribution in [2.24, 2.45) is 0 Å². The molecule has 3 aromatic carbocycles. The Morgan fingerprint density at radius 1 is 0.821 bits per heavy atom. The molecule has 0 aromatic heterocycles. The molecule has 0 heteroatoms. The SMILES string of the molecule is C=C\C=C(C1=C(/C)Cc2ccccc2C=C/C=C\1)\c1ccc(-c2cccc(C3=CC=C(CC=C)C3=C)c2)cc1. The summed E-state index contributed by atoms with van der Waals surface area (Å²) in [6.45, 7) is 14.5. The number of benzene rings is 3. The highest BCUT2D eigenvalue weighted by Crippen LogP contribution is 2.36. The van der Waals surface area contributed by atoms with Crippen molar-refractivity contribution in [3.8, 4) is 11.1 Å². The predicted octanol–water partition coefficient (Wildman–Crippen LogP) is 10.5. The highest BCUT2D eigenvalue weighted by atomic mass is 14.2. The van der Waals surface area contributed by atoms with Crippen molar-refractivity contribution in [3.63, 3.8) is 0 Å². The third-order valence-corrected chi connectivity index (χ3v) is 7.43. The molecule has 0 saturated heterocycles. The van der Waals surface area contributed by atoms with Crippen LogP contribution in [0.1, 0.15) is 35.6 Å². The summed E-state index contributed by atoms with van der Waals surface area (Å²) in [6.07, 6.45) is 20.7. The zero-order valence-electron chi connectivity index (χ0n) is 22.7. The number of rotatable bonds is 7. The van der Waals surface area contributed by atoms with Crippen LogP contribution in [0.15, 0.2) is 163 Å². The van der Waals surface area contributed by atoms with E-state index in [2.05, 4.69) is 142 Å². The molecule has 0 saturated carbocycles. The molecule has 190 valence electrons. The van der Waals surface area contributed by atoms with E-state index in [-0.39, 0.29) is 0 Å². The van der Waals surface area contributed by atoms with E-state index >= 15 is 0 Å². The molecule has 0 aliphatic heterocycles. The average Bonchev–Trinajstić information content (AvgIpc) is 3.35. The lowest BCUT2D eigenvalue weighted by atomic mass is 9.89. The van der Waals surface area contributed by atoms with Crippen LogP contribution in [-0.2, 0) is 6.42 Å². The first-order valence-corrected chi connectivity index (χ1v) is 13.5. The molecule has 2 aliphatic carbocycles. The molecular weight excluding hydrogens is 468 g/mol. The van der Waals surface area contributed by atoms with E-state index in [0.29, 0.717) is 0 Å². The lowest BCUT2D eigenvalue weighted by Crippen LogP contribution is -1.97. The van der Waals surface area contributed by atoms with Crippen LogP contribution in [0.5, 0.6) is 0 Å². The third kappa shape index (κ3) is 5.61. The van der Waals surface area contributed by atoms with Crippen molar-refractivity contribution >= 4 is 17.2 Å². The Kier molecular flexibility index (Phi) is 7.85. The van der Waals surface area contributed by atoms with Crippen LogP contribution in [0.2, 0.25) is 0 Å². The van der Waals surface area contributed by atoms with Crippen LogP contribution < -0.4 is 0 Å². The lowest BCUT2D eigenvalue weighted by molar-refractivity contribution is 1.12. The van der Waals surface area contributed by atoms with Crippen molar-refractivity contribution in [1.82, 2.24) is 0 Å². The van der Waals surface area contributed by atoms with Gasteiger partial charge in [0, 0.05) is 0 Å². The Hall–Kier alpha value is -4.68. The van der Waals surface area contributed by atoms with Crippen LogP contribution in [0.4, 0.5) is 0 Å². The molecule has 0 nitrogen and oxygen atoms in total. The van der Waals surface area contributed by atoms with E-state index in [1.54, 1.807) is 0 Å². The zero-order chi connectivity index (χ0) is 27.2. The minimum absolute atomic E-state index is 0.842. The standard InChI is InChI=1S/C39H34/c1-5-12-30-24-25-38(29(30)4)36-18-11-17-35(27-36)32-20-22-33(23-21-32)39(13-6-2)37-19-10-9-15-31-14-7-8-16-34(31)26-28(37)3/h5-11,13-25,27H,1-2,4,12,26H2,3H3/b15-9?,19-10-,37-28-,39-13-. The van der Waals surface area contributed by atoms with E-state index in [4.69, 9.17) is 0 Å². The Balaban J connectivity index is 1.45. The molecule has 0 N–H and O–H groups in total. The summed E-state index contributed by atoms with van der Waals surface area (Å²) in [5.41, 5.74) is 14.6. The smallest absolute Gasteiger partial charge is 0.00547 e. The number of hydrogen-bond acceptors (Lipinski definition) is 0. The Labute approximate surface area is 233 Å². The Morgan fingerprint density at radius 3 is 2.38 bits per heavy atom. The van der Waals surface area contributed by atoms with Gasteiger partial charge in [-0.15, -0.1) is 6.58 Å². The zero-order valence-corrected chi connectivity index (χ0v) is 22.7. The molecule has 0 heterocycles. The van der Waals surface area contributed by atoms with E-state index in [0.717, 1.165) is 18.4 Å².